The van der Waals surface area contributed by atoms with Crippen molar-refractivity contribution >= 4 is 6.20 Å². The van der Waals surface area contributed by atoms with Crippen LogP contribution in [-0.4, -0.2) is 16.3 Å². The first-order chi connectivity index (χ1) is 8.78. The molecule has 0 fully saturated rings. The van der Waals surface area contributed by atoms with Gasteiger partial charge in [-0.2, -0.15) is 5.10 Å². The molecule has 0 spiro atoms. The van der Waals surface area contributed by atoms with Crippen LogP contribution < -0.4 is 5.32 Å². The van der Waals surface area contributed by atoms with E-state index in [2.05, 4.69) is 17.0 Å². The van der Waals surface area contributed by atoms with Crippen molar-refractivity contribution in [3.63, 3.8) is 0 Å². The molecule has 4 heteroatoms. The Hall–Kier alpha value is -1.94. The second-order valence-corrected chi connectivity index (χ2v) is 4.07. The molecule has 1 aromatic heterocycles. The first-order valence-corrected chi connectivity index (χ1v) is 5.88. The summed E-state index contributed by atoms with van der Waals surface area (Å²) in [6.07, 6.45) is 6.18. The number of hydrogen-bond donors (Lipinski definition) is 1. The van der Waals surface area contributed by atoms with Crippen LogP contribution in [0.15, 0.2) is 43.2 Å². The summed E-state index contributed by atoms with van der Waals surface area (Å²) >= 11 is 0. The second-order valence-electron chi connectivity index (χ2n) is 4.07. The number of aromatic nitrogens is 2. The van der Waals surface area contributed by atoms with Crippen molar-refractivity contribution in [1.82, 2.24) is 15.1 Å². The fourth-order valence-corrected chi connectivity index (χ4v) is 1.73. The Morgan fingerprint density at radius 1 is 1.39 bits per heavy atom. The molecule has 1 aromatic carbocycles. The Kier molecular flexibility index (Phi) is 4.25. The summed E-state index contributed by atoms with van der Waals surface area (Å²) in [5.41, 5.74) is 2.11. The molecule has 0 radical (unpaired) electrons. The molecule has 1 heterocycles. The molecule has 3 nitrogen and oxygen atoms in total. The molecule has 0 bridgehead atoms. The topological polar surface area (TPSA) is 29.9 Å². The van der Waals surface area contributed by atoms with E-state index in [0.717, 1.165) is 30.6 Å². The fourth-order valence-electron chi connectivity index (χ4n) is 1.73. The molecule has 0 saturated heterocycles. The van der Waals surface area contributed by atoms with Gasteiger partial charge < -0.3 is 5.32 Å². The Balaban J connectivity index is 1.74. The summed E-state index contributed by atoms with van der Waals surface area (Å²) in [4.78, 5) is 0. The number of hydrogen-bond acceptors (Lipinski definition) is 2. The zero-order valence-electron chi connectivity index (χ0n) is 10.1. The summed E-state index contributed by atoms with van der Waals surface area (Å²) in [5.74, 6) is -0.181. The molecule has 0 atom stereocenters. The SMILES string of the molecule is C=Cn1cc(CNCCc2cccc(F)c2)cn1. The predicted molar refractivity (Wildman–Crippen MR) is 70.4 cm³/mol. The lowest BCUT2D eigenvalue weighted by atomic mass is 10.1. The molecule has 18 heavy (non-hydrogen) atoms. The van der Waals surface area contributed by atoms with Gasteiger partial charge in [0.1, 0.15) is 5.82 Å². The number of rotatable bonds is 6. The summed E-state index contributed by atoms with van der Waals surface area (Å²) in [6.45, 7) is 5.19. The van der Waals surface area contributed by atoms with E-state index >= 15 is 0 Å². The van der Waals surface area contributed by atoms with Gasteiger partial charge in [-0.25, -0.2) is 9.07 Å². The third-order valence-electron chi connectivity index (χ3n) is 2.65. The lowest BCUT2D eigenvalue weighted by molar-refractivity contribution is 0.622. The van der Waals surface area contributed by atoms with E-state index < -0.39 is 0 Å². The van der Waals surface area contributed by atoms with E-state index in [9.17, 15) is 4.39 Å². The highest BCUT2D eigenvalue weighted by molar-refractivity contribution is 5.18. The highest BCUT2D eigenvalue weighted by Gasteiger charge is 1.97. The lowest BCUT2D eigenvalue weighted by Gasteiger charge is -2.03. The van der Waals surface area contributed by atoms with Gasteiger partial charge in [0.2, 0.25) is 0 Å². The average Bonchev–Trinajstić information content (AvgIpc) is 2.83. The molecule has 2 rings (SSSR count). The average molecular weight is 245 g/mol. The Morgan fingerprint density at radius 2 is 2.28 bits per heavy atom. The molecule has 0 aliphatic heterocycles. The first-order valence-electron chi connectivity index (χ1n) is 5.88. The van der Waals surface area contributed by atoms with E-state index in [1.165, 1.54) is 6.07 Å². The third-order valence-corrected chi connectivity index (χ3v) is 2.65. The van der Waals surface area contributed by atoms with Gasteiger partial charge in [0.15, 0.2) is 0 Å². The van der Waals surface area contributed by atoms with E-state index in [1.54, 1.807) is 29.2 Å². The Labute approximate surface area is 106 Å². The smallest absolute Gasteiger partial charge is 0.123 e. The van der Waals surface area contributed by atoms with Crippen LogP contribution in [-0.2, 0) is 13.0 Å². The number of benzene rings is 1. The molecule has 0 amide bonds. The molecular weight excluding hydrogens is 229 g/mol. The third kappa shape index (κ3) is 3.53. The predicted octanol–water partition coefficient (Wildman–Crippen LogP) is 2.46. The maximum atomic E-state index is 12.9. The summed E-state index contributed by atoms with van der Waals surface area (Å²) in [5, 5.41) is 7.39. The van der Waals surface area contributed by atoms with Crippen LogP contribution in [0.4, 0.5) is 4.39 Å². The summed E-state index contributed by atoms with van der Waals surface area (Å²) < 4.78 is 14.6. The standard InChI is InChI=1S/C14H16FN3/c1-2-18-11-13(10-17-18)9-16-7-6-12-4-3-5-14(15)8-12/h2-5,8,10-11,16H,1,6-7,9H2. The van der Waals surface area contributed by atoms with Gasteiger partial charge in [-0.1, -0.05) is 18.7 Å². The maximum absolute atomic E-state index is 12.9. The van der Waals surface area contributed by atoms with Crippen molar-refractivity contribution in [3.8, 4) is 0 Å². The largest absolute Gasteiger partial charge is 0.312 e. The van der Waals surface area contributed by atoms with Gasteiger partial charge in [-0.15, -0.1) is 0 Å². The maximum Gasteiger partial charge on any atom is 0.123 e. The van der Waals surface area contributed by atoms with Gasteiger partial charge >= 0.3 is 0 Å². The van der Waals surface area contributed by atoms with Crippen LogP contribution in [0.1, 0.15) is 11.1 Å². The van der Waals surface area contributed by atoms with Crippen molar-refractivity contribution in [2.45, 2.75) is 13.0 Å². The fraction of sp³-hybridized carbons (Fsp3) is 0.214. The highest BCUT2D eigenvalue weighted by Crippen LogP contribution is 2.04. The first kappa shape index (κ1) is 12.5. The van der Waals surface area contributed by atoms with Crippen LogP contribution in [0.3, 0.4) is 0 Å². The molecule has 2 aromatic rings. The molecule has 1 N–H and O–H groups in total. The van der Waals surface area contributed by atoms with Crippen molar-refractivity contribution in [2.75, 3.05) is 6.54 Å². The van der Waals surface area contributed by atoms with E-state index in [0.29, 0.717) is 0 Å². The van der Waals surface area contributed by atoms with Crippen LogP contribution >= 0.6 is 0 Å². The van der Waals surface area contributed by atoms with Crippen molar-refractivity contribution in [1.29, 1.82) is 0 Å². The van der Waals surface area contributed by atoms with Gasteiger partial charge in [0.25, 0.3) is 0 Å². The lowest BCUT2D eigenvalue weighted by Crippen LogP contribution is -2.16. The van der Waals surface area contributed by atoms with Crippen LogP contribution in [0.25, 0.3) is 6.20 Å². The zero-order chi connectivity index (χ0) is 12.8. The van der Waals surface area contributed by atoms with Crippen LogP contribution in [0.5, 0.6) is 0 Å². The Morgan fingerprint density at radius 3 is 3.00 bits per heavy atom. The van der Waals surface area contributed by atoms with E-state index in [4.69, 9.17) is 0 Å². The molecule has 0 unspecified atom stereocenters. The van der Waals surface area contributed by atoms with Crippen molar-refractivity contribution in [2.24, 2.45) is 0 Å². The van der Waals surface area contributed by atoms with E-state index in [1.807, 2.05) is 12.3 Å². The number of halogens is 1. The summed E-state index contributed by atoms with van der Waals surface area (Å²) in [6, 6.07) is 6.69. The monoisotopic (exact) mass is 245 g/mol. The minimum Gasteiger partial charge on any atom is -0.312 e. The van der Waals surface area contributed by atoms with Gasteiger partial charge in [-0.3, -0.25) is 0 Å². The zero-order valence-corrected chi connectivity index (χ0v) is 10.1. The van der Waals surface area contributed by atoms with Crippen molar-refractivity contribution in [3.05, 3.63) is 60.2 Å². The van der Waals surface area contributed by atoms with Gasteiger partial charge in [0.05, 0.1) is 6.20 Å². The van der Waals surface area contributed by atoms with Crippen LogP contribution in [0, 0.1) is 5.82 Å². The van der Waals surface area contributed by atoms with Crippen molar-refractivity contribution < 1.29 is 4.39 Å². The minimum absolute atomic E-state index is 0.181. The number of nitrogens with zero attached hydrogens (tertiary/aromatic N) is 2. The molecule has 0 saturated carbocycles. The second kappa shape index (κ2) is 6.12. The number of nitrogens with one attached hydrogen (secondary N) is 1. The Bertz CT molecular complexity index is 519. The molecule has 0 aliphatic carbocycles. The molecule has 0 aliphatic rings. The minimum atomic E-state index is -0.181. The quantitative estimate of drug-likeness (QED) is 0.792. The molecular formula is C14H16FN3. The molecule has 94 valence electrons. The van der Waals surface area contributed by atoms with Gasteiger partial charge in [-0.05, 0) is 30.7 Å². The van der Waals surface area contributed by atoms with Gasteiger partial charge in [0, 0.05) is 24.5 Å². The van der Waals surface area contributed by atoms with Crippen LogP contribution in [0.2, 0.25) is 0 Å². The highest BCUT2D eigenvalue weighted by atomic mass is 19.1. The van der Waals surface area contributed by atoms with E-state index in [-0.39, 0.29) is 5.82 Å². The normalized spacial score (nSPS) is 10.5. The summed E-state index contributed by atoms with van der Waals surface area (Å²) in [7, 11) is 0.